The van der Waals surface area contributed by atoms with Crippen LogP contribution < -0.4 is 0 Å². The molecular formula is C12H10F2O4. The summed E-state index contributed by atoms with van der Waals surface area (Å²) in [4.78, 5) is 11.4. The van der Waals surface area contributed by atoms with Gasteiger partial charge in [-0.1, -0.05) is 0 Å². The van der Waals surface area contributed by atoms with Crippen LogP contribution in [0, 0.1) is 11.6 Å². The van der Waals surface area contributed by atoms with Crippen LogP contribution in [-0.4, -0.2) is 17.7 Å². The highest BCUT2D eigenvalue weighted by Crippen LogP contribution is 2.30. The molecule has 1 unspecified atom stereocenters. The Morgan fingerprint density at radius 1 is 1.50 bits per heavy atom. The second-order valence-corrected chi connectivity index (χ2v) is 3.57. The van der Waals surface area contributed by atoms with Gasteiger partial charge in [-0.15, -0.1) is 0 Å². The van der Waals surface area contributed by atoms with E-state index in [0.29, 0.717) is 6.07 Å². The van der Waals surface area contributed by atoms with Crippen molar-refractivity contribution < 1.29 is 27.8 Å². The molecule has 0 aliphatic heterocycles. The van der Waals surface area contributed by atoms with E-state index in [1.165, 1.54) is 6.07 Å². The maximum Gasteiger partial charge on any atom is 0.339 e. The third kappa shape index (κ3) is 1.95. The van der Waals surface area contributed by atoms with Crippen molar-refractivity contribution in [3.63, 3.8) is 0 Å². The van der Waals surface area contributed by atoms with Gasteiger partial charge in [-0.05, 0) is 13.0 Å². The molecule has 1 N–H and O–H groups in total. The van der Waals surface area contributed by atoms with Crippen molar-refractivity contribution in [3.05, 3.63) is 35.6 Å². The summed E-state index contributed by atoms with van der Waals surface area (Å²) in [5.74, 6) is -2.90. The van der Waals surface area contributed by atoms with Crippen LogP contribution in [0.25, 0.3) is 11.0 Å². The van der Waals surface area contributed by atoms with Gasteiger partial charge in [0, 0.05) is 6.07 Å². The van der Waals surface area contributed by atoms with Crippen molar-refractivity contribution >= 4 is 16.9 Å². The molecule has 0 fully saturated rings. The van der Waals surface area contributed by atoms with Crippen LogP contribution in [0.1, 0.15) is 18.6 Å². The van der Waals surface area contributed by atoms with Gasteiger partial charge >= 0.3 is 5.97 Å². The fourth-order valence-corrected chi connectivity index (χ4v) is 1.67. The van der Waals surface area contributed by atoms with E-state index in [-0.39, 0.29) is 17.6 Å². The summed E-state index contributed by atoms with van der Waals surface area (Å²) < 4.78 is 36.5. The summed E-state index contributed by atoms with van der Waals surface area (Å²) in [5, 5.41) is 9.71. The third-order valence-corrected chi connectivity index (χ3v) is 2.46. The van der Waals surface area contributed by atoms with Crippen molar-refractivity contribution in [1.82, 2.24) is 0 Å². The molecule has 1 atom stereocenters. The zero-order valence-electron chi connectivity index (χ0n) is 9.44. The number of furan rings is 1. The molecule has 0 saturated heterocycles. The molecule has 1 heterocycles. The standard InChI is InChI=1S/C12H10F2O4/c1-2-17-12(16)10(15)9-8(14)5-7(13)6-3-4-18-11(6)9/h3-5,10,15H,2H2,1H3. The second-order valence-electron chi connectivity index (χ2n) is 3.57. The maximum absolute atomic E-state index is 13.6. The van der Waals surface area contributed by atoms with Gasteiger partial charge < -0.3 is 14.3 Å². The Morgan fingerprint density at radius 3 is 2.89 bits per heavy atom. The number of hydrogen-bond donors (Lipinski definition) is 1. The predicted molar refractivity (Wildman–Crippen MR) is 57.7 cm³/mol. The van der Waals surface area contributed by atoms with Gasteiger partial charge in [-0.25, -0.2) is 13.6 Å². The first kappa shape index (κ1) is 12.5. The normalized spacial score (nSPS) is 12.7. The first-order valence-corrected chi connectivity index (χ1v) is 5.26. The topological polar surface area (TPSA) is 59.7 Å². The van der Waals surface area contributed by atoms with Crippen molar-refractivity contribution in [1.29, 1.82) is 0 Å². The van der Waals surface area contributed by atoms with Crippen LogP contribution in [0.15, 0.2) is 22.8 Å². The molecule has 2 rings (SSSR count). The predicted octanol–water partition coefficient (Wildman–Crippen LogP) is 2.31. The SMILES string of the molecule is CCOC(=O)C(O)c1c(F)cc(F)c2ccoc12. The van der Waals surface area contributed by atoms with Gasteiger partial charge in [0.25, 0.3) is 0 Å². The van der Waals surface area contributed by atoms with E-state index >= 15 is 0 Å². The number of hydrogen-bond acceptors (Lipinski definition) is 4. The zero-order chi connectivity index (χ0) is 13.3. The minimum atomic E-state index is -1.85. The van der Waals surface area contributed by atoms with Crippen LogP contribution in [0.5, 0.6) is 0 Å². The summed E-state index contributed by atoms with van der Waals surface area (Å²) in [6, 6.07) is 1.88. The highest BCUT2D eigenvalue weighted by atomic mass is 19.1. The van der Waals surface area contributed by atoms with Crippen molar-refractivity contribution in [2.75, 3.05) is 6.61 Å². The van der Waals surface area contributed by atoms with Crippen LogP contribution in [0.3, 0.4) is 0 Å². The number of esters is 1. The van der Waals surface area contributed by atoms with Crippen LogP contribution in [0.4, 0.5) is 8.78 Å². The quantitative estimate of drug-likeness (QED) is 0.856. The van der Waals surface area contributed by atoms with Crippen LogP contribution >= 0.6 is 0 Å². The summed E-state index contributed by atoms with van der Waals surface area (Å²) in [7, 11) is 0. The van der Waals surface area contributed by atoms with Crippen molar-refractivity contribution in [3.8, 4) is 0 Å². The average Bonchev–Trinajstić information content (AvgIpc) is 2.78. The molecule has 96 valence electrons. The number of halogens is 2. The lowest BCUT2D eigenvalue weighted by Crippen LogP contribution is -2.17. The smallest absolute Gasteiger partial charge is 0.339 e. The maximum atomic E-state index is 13.6. The molecule has 1 aromatic heterocycles. The fourth-order valence-electron chi connectivity index (χ4n) is 1.67. The Morgan fingerprint density at radius 2 is 2.22 bits per heavy atom. The molecule has 6 heteroatoms. The number of benzene rings is 1. The minimum Gasteiger partial charge on any atom is -0.464 e. The molecule has 0 saturated carbocycles. The third-order valence-electron chi connectivity index (χ3n) is 2.46. The zero-order valence-corrected chi connectivity index (χ0v) is 9.44. The molecule has 2 aromatic rings. The lowest BCUT2D eigenvalue weighted by Gasteiger charge is -2.11. The van der Waals surface area contributed by atoms with Gasteiger partial charge in [0.2, 0.25) is 0 Å². The summed E-state index contributed by atoms with van der Waals surface area (Å²) in [6.07, 6.45) is -0.701. The Balaban J connectivity index is 2.56. The van der Waals surface area contributed by atoms with E-state index in [1.807, 2.05) is 0 Å². The number of aliphatic hydroxyl groups is 1. The van der Waals surface area contributed by atoms with Crippen LogP contribution in [-0.2, 0) is 9.53 Å². The number of carbonyl (C=O) groups excluding carboxylic acids is 1. The molecule has 4 nitrogen and oxygen atoms in total. The summed E-state index contributed by atoms with van der Waals surface area (Å²) >= 11 is 0. The Hall–Kier alpha value is -1.95. The Bertz CT molecular complexity index is 591. The van der Waals surface area contributed by atoms with Gasteiger partial charge in [0.1, 0.15) is 17.2 Å². The number of rotatable bonds is 3. The lowest BCUT2D eigenvalue weighted by atomic mass is 10.1. The van der Waals surface area contributed by atoms with Gasteiger partial charge in [0.15, 0.2) is 6.10 Å². The van der Waals surface area contributed by atoms with Gasteiger partial charge in [0.05, 0.1) is 23.8 Å². The fraction of sp³-hybridized carbons (Fsp3) is 0.250. The highest BCUT2D eigenvalue weighted by Gasteiger charge is 2.27. The summed E-state index contributed by atoms with van der Waals surface area (Å²) in [5.41, 5.74) is -0.622. The first-order valence-electron chi connectivity index (χ1n) is 5.26. The Kier molecular flexibility index (Phi) is 3.29. The Labute approximate surface area is 101 Å². The first-order chi connectivity index (χ1) is 8.56. The van der Waals surface area contributed by atoms with Crippen LogP contribution in [0.2, 0.25) is 0 Å². The molecule has 0 amide bonds. The largest absolute Gasteiger partial charge is 0.464 e. The van der Waals surface area contributed by atoms with Gasteiger partial charge in [-0.2, -0.15) is 0 Å². The molecule has 0 aliphatic carbocycles. The molecule has 0 radical (unpaired) electrons. The van der Waals surface area contributed by atoms with E-state index in [2.05, 4.69) is 4.74 Å². The second kappa shape index (κ2) is 4.73. The molecule has 0 spiro atoms. The lowest BCUT2D eigenvalue weighted by molar-refractivity contribution is -0.153. The molecule has 0 bridgehead atoms. The monoisotopic (exact) mass is 256 g/mol. The molecular weight excluding hydrogens is 246 g/mol. The van der Waals surface area contributed by atoms with E-state index < -0.39 is 29.3 Å². The number of carbonyl (C=O) groups is 1. The van der Waals surface area contributed by atoms with E-state index in [4.69, 9.17) is 4.42 Å². The summed E-state index contributed by atoms with van der Waals surface area (Å²) in [6.45, 7) is 1.59. The molecule has 18 heavy (non-hydrogen) atoms. The van der Waals surface area contributed by atoms with Crippen molar-refractivity contribution in [2.24, 2.45) is 0 Å². The van der Waals surface area contributed by atoms with Gasteiger partial charge in [-0.3, -0.25) is 0 Å². The van der Waals surface area contributed by atoms with Crippen molar-refractivity contribution in [2.45, 2.75) is 13.0 Å². The number of ether oxygens (including phenoxy) is 1. The van der Waals surface area contributed by atoms with E-state index in [1.54, 1.807) is 6.92 Å². The highest BCUT2D eigenvalue weighted by molar-refractivity contribution is 5.87. The van der Waals surface area contributed by atoms with E-state index in [9.17, 15) is 18.7 Å². The average molecular weight is 256 g/mol. The van der Waals surface area contributed by atoms with E-state index in [0.717, 1.165) is 6.26 Å². The number of aliphatic hydroxyl groups excluding tert-OH is 1. The molecule has 0 aliphatic rings. The minimum absolute atomic E-state index is 0.00486. The molecule has 1 aromatic carbocycles. The number of fused-ring (bicyclic) bond motifs is 1.